The lowest BCUT2D eigenvalue weighted by Crippen LogP contribution is -2.05. The van der Waals surface area contributed by atoms with Crippen molar-refractivity contribution in [3.63, 3.8) is 0 Å². The highest BCUT2D eigenvalue weighted by molar-refractivity contribution is 7.99. The molecule has 18 heavy (non-hydrogen) atoms. The van der Waals surface area contributed by atoms with Gasteiger partial charge in [-0.1, -0.05) is 25.4 Å². The van der Waals surface area contributed by atoms with Gasteiger partial charge in [0.15, 0.2) is 0 Å². The number of ether oxygens (including phenoxy) is 1. The van der Waals surface area contributed by atoms with E-state index in [2.05, 4.69) is 19.2 Å². The Morgan fingerprint density at radius 3 is 2.89 bits per heavy atom. The Morgan fingerprint density at radius 2 is 2.17 bits per heavy atom. The number of hydrogen-bond donors (Lipinski definition) is 1. The highest BCUT2D eigenvalue weighted by atomic mass is 35.5. The molecule has 0 aliphatic heterocycles. The molecule has 4 heteroatoms. The summed E-state index contributed by atoms with van der Waals surface area (Å²) in [6, 6.07) is 5.73. The van der Waals surface area contributed by atoms with E-state index in [9.17, 15) is 0 Å². The normalized spacial score (nSPS) is 10.4. The summed E-state index contributed by atoms with van der Waals surface area (Å²) in [5, 5.41) is 4.14. The zero-order valence-corrected chi connectivity index (χ0v) is 12.7. The SMILES string of the molecule is CCCOc1ccc(Cl)cc1NCCCSCC. The first-order valence-electron chi connectivity index (χ1n) is 6.51. The molecule has 1 aromatic rings. The Kier molecular flexibility index (Phi) is 8.10. The third-order valence-corrected chi connectivity index (χ3v) is 3.61. The Bertz CT molecular complexity index is 347. The molecule has 0 aliphatic rings. The first kappa shape index (κ1) is 15.5. The zero-order chi connectivity index (χ0) is 13.2. The van der Waals surface area contributed by atoms with Crippen LogP contribution < -0.4 is 10.1 Å². The van der Waals surface area contributed by atoms with Crippen molar-refractivity contribution in [3.05, 3.63) is 23.2 Å². The molecule has 0 unspecified atom stereocenters. The third kappa shape index (κ3) is 5.87. The molecule has 0 bridgehead atoms. The molecule has 102 valence electrons. The first-order chi connectivity index (χ1) is 8.77. The molecule has 0 heterocycles. The number of benzene rings is 1. The fraction of sp³-hybridized carbons (Fsp3) is 0.571. The molecule has 0 saturated heterocycles. The minimum absolute atomic E-state index is 0.738. The molecule has 0 aliphatic carbocycles. The summed E-state index contributed by atoms with van der Waals surface area (Å²) in [5.41, 5.74) is 0.998. The predicted molar refractivity (Wildman–Crippen MR) is 83.3 cm³/mol. The maximum absolute atomic E-state index is 6.01. The topological polar surface area (TPSA) is 21.3 Å². The van der Waals surface area contributed by atoms with Crippen LogP contribution in [-0.4, -0.2) is 24.7 Å². The van der Waals surface area contributed by atoms with Gasteiger partial charge in [-0.2, -0.15) is 11.8 Å². The molecule has 0 spiro atoms. The number of rotatable bonds is 9. The lowest BCUT2D eigenvalue weighted by molar-refractivity contribution is 0.319. The summed E-state index contributed by atoms with van der Waals surface area (Å²) < 4.78 is 5.69. The minimum Gasteiger partial charge on any atom is -0.491 e. The van der Waals surface area contributed by atoms with Crippen molar-refractivity contribution >= 4 is 29.1 Å². The lowest BCUT2D eigenvalue weighted by atomic mass is 10.3. The molecule has 0 saturated carbocycles. The van der Waals surface area contributed by atoms with Gasteiger partial charge in [-0.05, 0) is 42.5 Å². The van der Waals surface area contributed by atoms with E-state index in [0.29, 0.717) is 0 Å². The molecule has 0 radical (unpaired) electrons. The van der Waals surface area contributed by atoms with Crippen LogP contribution in [0.25, 0.3) is 0 Å². The summed E-state index contributed by atoms with van der Waals surface area (Å²) >= 11 is 7.98. The molecule has 1 rings (SSSR count). The van der Waals surface area contributed by atoms with Crippen LogP contribution in [0.3, 0.4) is 0 Å². The van der Waals surface area contributed by atoms with Crippen LogP contribution in [0.1, 0.15) is 26.7 Å². The van der Waals surface area contributed by atoms with Crippen molar-refractivity contribution in [1.29, 1.82) is 0 Å². The van der Waals surface area contributed by atoms with Gasteiger partial charge in [0, 0.05) is 11.6 Å². The van der Waals surface area contributed by atoms with Crippen LogP contribution in [-0.2, 0) is 0 Å². The number of nitrogens with one attached hydrogen (secondary N) is 1. The highest BCUT2D eigenvalue weighted by Gasteiger charge is 2.04. The monoisotopic (exact) mass is 287 g/mol. The molecule has 0 atom stereocenters. The molecule has 1 N–H and O–H groups in total. The largest absolute Gasteiger partial charge is 0.491 e. The van der Waals surface area contributed by atoms with Crippen LogP contribution in [0.15, 0.2) is 18.2 Å². The smallest absolute Gasteiger partial charge is 0.142 e. The quantitative estimate of drug-likeness (QED) is 0.666. The van der Waals surface area contributed by atoms with Crippen LogP contribution >= 0.6 is 23.4 Å². The van der Waals surface area contributed by atoms with Crippen molar-refractivity contribution in [3.8, 4) is 5.75 Å². The van der Waals surface area contributed by atoms with Crippen molar-refractivity contribution in [1.82, 2.24) is 0 Å². The van der Waals surface area contributed by atoms with E-state index >= 15 is 0 Å². The Labute approximate surface area is 119 Å². The summed E-state index contributed by atoms with van der Waals surface area (Å²) in [4.78, 5) is 0. The standard InChI is InChI=1S/C14H22ClNOS/c1-3-9-17-14-7-6-12(15)11-13(14)16-8-5-10-18-4-2/h6-7,11,16H,3-5,8-10H2,1-2H3. The van der Waals surface area contributed by atoms with Gasteiger partial charge in [0.2, 0.25) is 0 Å². The van der Waals surface area contributed by atoms with Gasteiger partial charge in [-0.3, -0.25) is 0 Å². The predicted octanol–water partition coefficient (Wildman–Crippen LogP) is 4.68. The van der Waals surface area contributed by atoms with E-state index < -0.39 is 0 Å². The van der Waals surface area contributed by atoms with Crippen molar-refractivity contribution in [2.45, 2.75) is 26.7 Å². The highest BCUT2D eigenvalue weighted by Crippen LogP contribution is 2.28. The van der Waals surface area contributed by atoms with Crippen LogP contribution in [0.2, 0.25) is 5.02 Å². The second-order valence-electron chi connectivity index (χ2n) is 3.97. The molecule has 0 amide bonds. The van der Waals surface area contributed by atoms with E-state index in [0.717, 1.165) is 42.5 Å². The first-order valence-corrected chi connectivity index (χ1v) is 8.05. The van der Waals surface area contributed by atoms with Crippen molar-refractivity contribution in [2.75, 3.05) is 30.0 Å². The van der Waals surface area contributed by atoms with E-state index in [1.165, 1.54) is 11.5 Å². The fourth-order valence-corrected chi connectivity index (χ4v) is 2.33. The average molecular weight is 288 g/mol. The number of hydrogen-bond acceptors (Lipinski definition) is 3. The fourth-order valence-electron chi connectivity index (χ4n) is 1.52. The molecule has 1 aromatic carbocycles. The van der Waals surface area contributed by atoms with Gasteiger partial charge in [-0.15, -0.1) is 0 Å². The summed E-state index contributed by atoms with van der Waals surface area (Å²) in [5.74, 6) is 3.27. The summed E-state index contributed by atoms with van der Waals surface area (Å²) in [6.45, 7) is 5.98. The van der Waals surface area contributed by atoms with Gasteiger partial charge in [0.25, 0.3) is 0 Å². The van der Waals surface area contributed by atoms with Gasteiger partial charge in [0.05, 0.1) is 12.3 Å². The second kappa shape index (κ2) is 9.40. The van der Waals surface area contributed by atoms with E-state index in [4.69, 9.17) is 16.3 Å². The Morgan fingerprint density at radius 1 is 1.33 bits per heavy atom. The molecule has 0 fully saturated rings. The van der Waals surface area contributed by atoms with Crippen LogP contribution in [0, 0.1) is 0 Å². The van der Waals surface area contributed by atoms with Gasteiger partial charge in [-0.25, -0.2) is 0 Å². The van der Waals surface area contributed by atoms with Crippen LogP contribution in [0.4, 0.5) is 5.69 Å². The summed E-state index contributed by atoms with van der Waals surface area (Å²) in [7, 11) is 0. The second-order valence-corrected chi connectivity index (χ2v) is 5.80. The molecular weight excluding hydrogens is 266 g/mol. The molecular formula is C14H22ClNOS. The van der Waals surface area contributed by atoms with Crippen molar-refractivity contribution in [2.24, 2.45) is 0 Å². The third-order valence-electron chi connectivity index (χ3n) is 2.39. The lowest BCUT2D eigenvalue weighted by Gasteiger charge is -2.13. The van der Waals surface area contributed by atoms with Gasteiger partial charge < -0.3 is 10.1 Å². The average Bonchev–Trinajstić information content (AvgIpc) is 2.37. The van der Waals surface area contributed by atoms with Gasteiger partial charge in [0.1, 0.15) is 5.75 Å². The maximum atomic E-state index is 6.01. The van der Waals surface area contributed by atoms with E-state index in [-0.39, 0.29) is 0 Å². The van der Waals surface area contributed by atoms with Gasteiger partial charge >= 0.3 is 0 Å². The van der Waals surface area contributed by atoms with E-state index in [1.807, 2.05) is 30.0 Å². The molecule has 0 aromatic heterocycles. The number of thioether (sulfide) groups is 1. The molecule has 2 nitrogen and oxygen atoms in total. The maximum Gasteiger partial charge on any atom is 0.142 e. The zero-order valence-electron chi connectivity index (χ0n) is 11.2. The van der Waals surface area contributed by atoms with E-state index in [1.54, 1.807) is 0 Å². The minimum atomic E-state index is 0.738. The summed E-state index contributed by atoms with van der Waals surface area (Å²) in [6.07, 6.45) is 2.16. The number of anilines is 1. The Balaban J connectivity index is 2.47. The van der Waals surface area contributed by atoms with Crippen LogP contribution in [0.5, 0.6) is 5.75 Å². The number of halogens is 1. The van der Waals surface area contributed by atoms with Crippen molar-refractivity contribution < 1.29 is 4.74 Å². The Hall–Kier alpha value is -0.540.